The Balaban J connectivity index is 1.54. The minimum absolute atomic E-state index is 0.0741. The number of carboxylic acid groups (broad SMARTS) is 1. The standard InChI is InChI=1S/C20H20N4O3/c25-19(26)13-24-18(9-10-21-24)15-5-3-11-23(12-15)20(27)17-8-7-14-4-1-2-6-16(14)22-17/h1-2,4,6-10,15H,3,5,11-13H2,(H,25,26)/t15-/m0/s1. The summed E-state index contributed by atoms with van der Waals surface area (Å²) in [7, 11) is 0. The largest absolute Gasteiger partial charge is 0.480 e. The summed E-state index contributed by atoms with van der Waals surface area (Å²) in [6.07, 6.45) is 3.38. The molecule has 27 heavy (non-hydrogen) atoms. The minimum Gasteiger partial charge on any atom is -0.480 e. The molecule has 0 spiro atoms. The van der Waals surface area contributed by atoms with Gasteiger partial charge in [-0.2, -0.15) is 5.10 Å². The third-order valence-electron chi connectivity index (χ3n) is 4.98. The minimum atomic E-state index is -0.927. The summed E-state index contributed by atoms with van der Waals surface area (Å²) in [6, 6.07) is 13.2. The van der Waals surface area contributed by atoms with Crippen molar-refractivity contribution in [3.8, 4) is 0 Å². The first kappa shape index (κ1) is 17.2. The molecule has 1 aliphatic heterocycles. The number of carboxylic acids is 1. The number of nitrogens with zero attached hydrogens (tertiary/aromatic N) is 4. The van der Waals surface area contributed by atoms with Crippen LogP contribution in [-0.4, -0.2) is 49.7 Å². The maximum atomic E-state index is 13.0. The van der Waals surface area contributed by atoms with E-state index < -0.39 is 5.97 Å². The number of carbonyl (C=O) groups is 2. The Hall–Kier alpha value is -3.22. The molecule has 3 heterocycles. The van der Waals surface area contributed by atoms with E-state index in [-0.39, 0.29) is 18.4 Å². The molecular formula is C20H20N4O3. The number of likely N-dealkylation sites (tertiary alicyclic amines) is 1. The van der Waals surface area contributed by atoms with E-state index in [1.165, 1.54) is 4.68 Å². The van der Waals surface area contributed by atoms with E-state index in [9.17, 15) is 9.59 Å². The van der Waals surface area contributed by atoms with E-state index in [0.29, 0.717) is 18.8 Å². The van der Waals surface area contributed by atoms with Crippen LogP contribution in [0, 0.1) is 0 Å². The number of amides is 1. The summed E-state index contributed by atoms with van der Waals surface area (Å²) >= 11 is 0. The zero-order chi connectivity index (χ0) is 18.8. The number of carbonyl (C=O) groups excluding carboxylic acids is 1. The number of piperidine rings is 1. The lowest BCUT2D eigenvalue weighted by Crippen LogP contribution is -2.40. The SMILES string of the molecule is O=C(O)Cn1nccc1[C@H]1CCCN(C(=O)c2ccc3ccccc3n2)C1. The molecular weight excluding hydrogens is 344 g/mol. The summed E-state index contributed by atoms with van der Waals surface area (Å²) in [6.45, 7) is 1.05. The third-order valence-corrected chi connectivity index (χ3v) is 4.98. The summed E-state index contributed by atoms with van der Waals surface area (Å²) in [4.78, 5) is 30.3. The number of pyridine rings is 1. The smallest absolute Gasteiger partial charge is 0.325 e. The van der Waals surface area contributed by atoms with E-state index >= 15 is 0 Å². The van der Waals surface area contributed by atoms with Crippen LogP contribution in [0.1, 0.15) is 34.9 Å². The average Bonchev–Trinajstić information content (AvgIpc) is 3.14. The fourth-order valence-corrected chi connectivity index (χ4v) is 3.70. The van der Waals surface area contributed by atoms with Gasteiger partial charge in [0.2, 0.25) is 0 Å². The van der Waals surface area contributed by atoms with E-state index in [1.54, 1.807) is 12.3 Å². The molecule has 0 bridgehead atoms. The van der Waals surface area contributed by atoms with Crippen molar-refractivity contribution in [2.24, 2.45) is 0 Å². The van der Waals surface area contributed by atoms with E-state index in [0.717, 1.165) is 29.4 Å². The van der Waals surface area contributed by atoms with Crippen LogP contribution in [0.5, 0.6) is 0 Å². The zero-order valence-electron chi connectivity index (χ0n) is 14.8. The maximum Gasteiger partial charge on any atom is 0.325 e. The number of hydrogen-bond donors (Lipinski definition) is 1. The number of hydrogen-bond acceptors (Lipinski definition) is 4. The Morgan fingerprint density at radius 3 is 2.85 bits per heavy atom. The molecule has 0 aliphatic carbocycles. The second kappa shape index (κ2) is 7.19. The van der Waals surface area contributed by atoms with Gasteiger partial charge in [-0.05, 0) is 31.0 Å². The molecule has 1 aromatic carbocycles. The second-order valence-corrected chi connectivity index (χ2v) is 6.79. The van der Waals surface area contributed by atoms with Gasteiger partial charge in [0.25, 0.3) is 5.91 Å². The molecule has 1 atom stereocenters. The third kappa shape index (κ3) is 3.53. The van der Waals surface area contributed by atoms with E-state index in [2.05, 4.69) is 10.1 Å². The maximum absolute atomic E-state index is 13.0. The molecule has 2 aromatic heterocycles. The summed E-state index contributed by atoms with van der Waals surface area (Å²) in [5.74, 6) is -0.941. The molecule has 1 fully saturated rings. The quantitative estimate of drug-likeness (QED) is 0.768. The van der Waals surface area contributed by atoms with E-state index in [1.807, 2.05) is 41.3 Å². The predicted octanol–water partition coefficient (Wildman–Crippen LogP) is 2.54. The topological polar surface area (TPSA) is 88.3 Å². The van der Waals surface area contributed by atoms with Crippen LogP contribution in [0.4, 0.5) is 0 Å². The first-order valence-corrected chi connectivity index (χ1v) is 9.00. The Labute approximate surface area is 156 Å². The normalized spacial score (nSPS) is 17.2. The average molecular weight is 364 g/mol. The lowest BCUT2D eigenvalue weighted by molar-refractivity contribution is -0.137. The van der Waals surface area contributed by atoms with Crippen LogP contribution >= 0.6 is 0 Å². The molecule has 3 aromatic rings. The first-order valence-electron chi connectivity index (χ1n) is 9.00. The summed E-state index contributed by atoms with van der Waals surface area (Å²) < 4.78 is 1.51. The second-order valence-electron chi connectivity index (χ2n) is 6.79. The van der Waals surface area contributed by atoms with Gasteiger partial charge >= 0.3 is 5.97 Å². The molecule has 138 valence electrons. The molecule has 0 unspecified atom stereocenters. The van der Waals surface area contributed by atoms with Crippen molar-refractivity contribution in [2.75, 3.05) is 13.1 Å². The highest BCUT2D eigenvalue weighted by Gasteiger charge is 2.28. The van der Waals surface area contributed by atoms with Gasteiger partial charge in [0.1, 0.15) is 12.2 Å². The van der Waals surface area contributed by atoms with Gasteiger partial charge in [0.05, 0.1) is 5.52 Å². The highest BCUT2D eigenvalue weighted by atomic mass is 16.4. The van der Waals surface area contributed by atoms with Gasteiger partial charge in [0.15, 0.2) is 0 Å². The highest BCUT2D eigenvalue weighted by molar-refractivity contribution is 5.95. The molecule has 1 aliphatic rings. The fraction of sp³-hybridized carbons (Fsp3) is 0.300. The van der Waals surface area contributed by atoms with Crippen molar-refractivity contribution in [1.82, 2.24) is 19.7 Å². The van der Waals surface area contributed by atoms with Gasteiger partial charge in [-0.3, -0.25) is 14.3 Å². The van der Waals surface area contributed by atoms with Gasteiger partial charge in [-0.1, -0.05) is 24.3 Å². The van der Waals surface area contributed by atoms with Crippen molar-refractivity contribution >= 4 is 22.8 Å². The monoisotopic (exact) mass is 364 g/mol. The fourth-order valence-electron chi connectivity index (χ4n) is 3.70. The van der Waals surface area contributed by atoms with Crippen molar-refractivity contribution in [3.63, 3.8) is 0 Å². The van der Waals surface area contributed by atoms with Gasteiger partial charge in [-0.25, -0.2) is 4.98 Å². The number of aliphatic carboxylic acids is 1. The molecule has 4 rings (SSSR count). The number of para-hydroxylation sites is 1. The Morgan fingerprint density at radius 2 is 2.00 bits per heavy atom. The molecule has 0 saturated carbocycles. The molecule has 7 heteroatoms. The van der Waals surface area contributed by atoms with Crippen molar-refractivity contribution in [3.05, 3.63) is 60.0 Å². The van der Waals surface area contributed by atoms with Crippen molar-refractivity contribution in [1.29, 1.82) is 0 Å². The number of rotatable bonds is 4. The Kier molecular flexibility index (Phi) is 4.58. The molecule has 0 radical (unpaired) electrons. The van der Waals surface area contributed by atoms with Crippen LogP contribution < -0.4 is 0 Å². The molecule has 1 amide bonds. The predicted molar refractivity (Wildman–Crippen MR) is 99.5 cm³/mol. The van der Waals surface area contributed by atoms with Gasteiger partial charge in [-0.15, -0.1) is 0 Å². The number of benzene rings is 1. The lowest BCUT2D eigenvalue weighted by atomic mass is 9.94. The van der Waals surface area contributed by atoms with Crippen LogP contribution in [0.3, 0.4) is 0 Å². The van der Waals surface area contributed by atoms with Crippen LogP contribution in [-0.2, 0) is 11.3 Å². The highest BCUT2D eigenvalue weighted by Crippen LogP contribution is 2.27. The molecule has 1 saturated heterocycles. The van der Waals surface area contributed by atoms with Crippen molar-refractivity contribution in [2.45, 2.75) is 25.3 Å². The van der Waals surface area contributed by atoms with Gasteiger partial charge in [0, 0.05) is 36.3 Å². The number of aromatic nitrogens is 3. The molecule has 7 nitrogen and oxygen atoms in total. The Morgan fingerprint density at radius 1 is 1.15 bits per heavy atom. The lowest BCUT2D eigenvalue weighted by Gasteiger charge is -2.32. The zero-order valence-corrected chi connectivity index (χ0v) is 14.8. The summed E-state index contributed by atoms with van der Waals surface area (Å²) in [5.41, 5.74) is 2.10. The Bertz CT molecular complexity index is 998. The van der Waals surface area contributed by atoms with Crippen LogP contribution in [0.25, 0.3) is 10.9 Å². The number of fused-ring (bicyclic) bond motifs is 1. The van der Waals surface area contributed by atoms with E-state index in [4.69, 9.17) is 5.11 Å². The van der Waals surface area contributed by atoms with Crippen LogP contribution in [0.15, 0.2) is 48.7 Å². The van der Waals surface area contributed by atoms with Crippen molar-refractivity contribution < 1.29 is 14.7 Å². The summed E-state index contributed by atoms with van der Waals surface area (Å²) in [5, 5.41) is 14.2. The first-order chi connectivity index (χ1) is 13.1. The van der Waals surface area contributed by atoms with Crippen LogP contribution in [0.2, 0.25) is 0 Å². The molecule has 1 N–H and O–H groups in total. The van der Waals surface area contributed by atoms with Gasteiger partial charge < -0.3 is 10.0 Å².